The highest BCUT2D eigenvalue weighted by Gasteiger charge is 2.33. The van der Waals surface area contributed by atoms with Gasteiger partial charge in [-0.25, -0.2) is 23.7 Å². The summed E-state index contributed by atoms with van der Waals surface area (Å²) in [6.45, 7) is 17.8. The van der Waals surface area contributed by atoms with Gasteiger partial charge < -0.3 is 69.7 Å². The number of hydrogen-bond donors (Lipinski definition) is 5. The zero-order valence-corrected chi connectivity index (χ0v) is 63.0. The normalized spacial score (nSPS) is 16.4. The predicted molar refractivity (Wildman–Crippen MR) is 423 cm³/mol. The fourth-order valence-electron chi connectivity index (χ4n) is 14.0. The van der Waals surface area contributed by atoms with Gasteiger partial charge in [-0.15, -0.1) is 13.2 Å². The van der Waals surface area contributed by atoms with Gasteiger partial charge in [0.2, 0.25) is 0 Å². The first-order valence-corrected chi connectivity index (χ1v) is 36.6. The minimum atomic E-state index is -4.95. The fraction of sp³-hybridized carbons (Fsp3) is 0.293. The summed E-state index contributed by atoms with van der Waals surface area (Å²) >= 11 is 0. The number of aromatic nitrogens is 7. The highest BCUT2D eigenvalue weighted by molar-refractivity contribution is 5.81. The molecule has 26 nitrogen and oxygen atoms in total. The van der Waals surface area contributed by atoms with Crippen molar-refractivity contribution in [3.05, 3.63) is 229 Å². The molecule has 113 heavy (non-hydrogen) atoms. The molecule has 0 radical (unpaired) electrons. The summed E-state index contributed by atoms with van der Waals surface area (Å²) in [5.41, 5.74) is 8.98. The largest absolute Gasteiger partial charge is 0.573 e. The van der Waals surface area contributed by atoms with Gasteiger partial charge in [-0.2, -0.15) is 5.26 Å². The second-order valence-electron chi connectivity index (χ2n) is 27.5. The Bertz CT molecular complexity index is 5640. The number of rotatable bonds is 13. The summed E-state index contributed by atoms with van der Waals surface area (Å²) in [5.74, 6) is -0.942. The molecule has 4 aromatic carbocycles. The number of halogens is 5. The Morgan fingerprint density at radius 1 is 0.434 bits per heavy atom. The molecule has 12 heterocycles. The number of nitrogens with zero attached hydrogens (tertiary/aromatic N) is 12. The monoisotopic (exact) mass is 1550 g/mol. The lowest BCUT2D eigenvalue weighted by molar-refractivity contribution is -0.275. The number of ether oxygens (including phenoxy) is 5. The maximum Gasteiger partial charge on any atom is 0.573 e. The van der Waals surface area contributed by atoms with Crippen LogP contribution in [0.3, 0.4) is 0 Å². The molecule has 0 bridgehead atoms. The Balaban J connectivity index is 0.000000132. The Hall–Kier alpha value is -12.6. The van der Waals surface area contributed by atoms with Crippen LogP contribution in [0.5, 0.6) is 34.5 Å². The number of benzene rings is 4. The van der Waals surface area contributed by atoms with Gasteiger partial charge in [0.1, 0.15) is 23.0 Å². The van der Waals surface area contributed by atoms with Crippen LogP contribution >= 0.6 is 0 Å². The number of piperazine rings is 4. The molecule has 0 unspecified atom stereocenters. The van der Waals surface area contributed by atoms with E-state index < -0.39 is 29.5 Å². The molecule has 0 spiro atoms. The van der Waals surface area contributed by atoms with Crippen LogP contribution in [0.4, 0.5) is 44.7 Å². The third-order valence-corrected chi connectivity index (χ3v) is 19.8. The summed E-state index contributed by atoms with van der Waals surface area (Å²) in [4.78, 5) is 73.3. The maximum atomic E-state index is 14.0. The van der Waals surface area contributed by atoms with E-state index in [2.05, 4.69) is 87.4 Å². The van der Waals surface area contributed by atoms with Crippen molar-refractivity contribution in [1.82, 2.24) is 53.8 Å². The fourth-order valence-corrected chi connectivity index (χ4v) is 14.0. The summed E-state index contributed by atoms with van der Waals surface area (Å²) in [7, 11) is 5.95. The second-order valence-corrected chi connectivity index (χ2v) is 27.5. The predicted octanol–water partition coefficient (Wildman–Crippen LogP) is 9.64. The molecular weight excluding hydrogens is 1460 g/mol. The highest BCUT2D eigenvalue weighted by Crippen LogP contribution is 2.37. The second kappa shape index (κ2) is 34.3. The zero-order chi connectivity index (χ0) is 79.8. The van der Waals surface area contributed by atoms with E-state index >= 15 is 0 Å². The van der Waals surface area contributed by atoms with Gasteiger partial charge in [-0.1, -0.05) is 6.07 Å². The van der Waals surface area contributed by atoms with Crippen LogP contribution in [0.2, 0.25) is 0 Å². The number of aromatic hydroxyl groups is 1. The van der Waals surface area contributed by atoms with Crippen molar-refractivity contribution >= 4 is 45.2 Å². The molecule has 586 valence electrons. The van der Waals surface area contributed by atoms with Gasteiger partial charge in [0, 0.05) is 175 Å². The Morgan fingerprint density at radius 3 is 1.22 bits per heavy atom. The lowest BCUT2D eigenvalue weighted by atomic mass is 9.99. The lowest BCUT2D eigenvalue weighted by Gasteiger charge is -2.33. The van der Waals surface area contributed by atoms with E-state index in [4.69, 9.17) is 18.9 Å². The molecule has 12 aromatic rings. The van der Waals surface area contributed by atoms with Crippen molar-refractivity contribution in [1.29, 1.82) is 5.26 Å². The first kappa shape index (κ1) is 78.5. The van der Waals surface area contributed by atoms with Gasteiger partial charge in [0.15, 0.2) is 46.1 Å². The lowest BCUT2D eigenvalue weighted by Crippen LogP contribution is -2.49. The standard InChI is InChI=1S/C22H22N4O3.C20H19F3N4O3.2C20H21FN4O2/c1-28-20-6-3-15(11-21(20)29-2)17-12-22(27)26-14-16(25-9-7-24-8-10-25)4-5-19(26)18(17)13-23;1-12-10-26(7-6-24-12)14-3-5-18-25-15(9-19(29)27(18)11-14)13-2-4-16(28)17(8-13)30-20(21,22)23;2*1-13-11-24(8-7-22-13)15-4-6-19-23-17(10-20(26)25(19)12-15)14-3-5-18(27-2)16(21)9-14/h3-6,11-12,14,24H,7-10H2,1-2H3;2-5,8-9,11-12,24,28H,6-7,10H2,1H3;2*3-6,9-10,12-13,22H,7-8,11H2,1-2H3/t;12-;2*13-/m.010/s1. The van der Waals surface area contributed by atoms with Crippen LogP contribution in [0.25, 0.3) is 67.4 Å². The van der Waals surface area contributed by atoms with E-state index in [0.717, 1.165) is 126 Å². The van der Waals surface area contributed by atoms with E-state index in [9.17, 15) is 51.5 Å². The van der Waals surface area contributed by atoms with Crippen LogP contribution in [0, 0.1) is 23.0 Å². The van der Waals surface area contributed by atoms with Crippen LogP contribution in [-0.4, -0.2) is 176 Å². The molecule has 31 heteroatoms. The van der Waals surface area contributed by atoms with Gasteiger partial charge in [-0.05, 0) is 142 Å². The zero-order valence-electron chi connectivity index (χ0n) is 63.0. The van der Waals surface area contributed by atoms with E-state index in [0.29, 0.717) is 85.7 Å². The van der Waals surface area contributed by atoms with Gasteiger partial charge in [-0.3, -0.25) is 36.8 Å². The number of anilines is 4. The van der Waals surface area contributed by atoms with E-state index in [1.165, 1.54) is 82.0 Å². The molecule has 4 aliphatic rings. The molecular formula is C82H83F5N16O10. The molecule has 5 N–H and O–H groups in total. The minimum Gasteiger partial charge on any atom is -0.504 e. The summed E-state index contributed by atoms with van der Waals surface area (Å²) in [6, 6.07) is 41.9. The first-order valence-electron chi connectivity index (χ1n) is 36.6. The highest BCUT2D eigenvalue weighted by atomic mass is 19.4. The number of phenolic OH excluding ortho intramolecular Hbond substituents is 1. The molecule has 4 aliphatic heterocycles. The molecule has 8 aromatic heterocycles. The molecule has 4 fully saturated rings. The van der Waals surface area contributed by atoms with Crippen molar-refractivity contribution in [2.45, 2.75) is 45.3 Å². The molecule has 0 aliphatic carbocycles. The van der Waals surface area contributed by atoms with Crippen molar-refractivity contribution in [3.8, 4) is 85.5 Å². The SMILES string of the molecule is COc1ccc(-c2cc(=O)n3cc(N4CCNCC4)ccc3c2C#N)cc1OC.COc1ccc(-c2cc(=O)n3cc(N4CCN[C@@H](C)C4)ccc3n2)cc1F.COc1ccc(-c2cc(=O)n3cc(N4CCN[C@H](C)C4)ccc3n2)cc1F.C[C@H]1CN(c2ccc3nc(-c4ccc(O)c(OC(F)(F)F)c4)cc(=O)n3c2)CCN1. The number of methoxy groups -OCH3 is 4. The van der Waals surface area contributed by atoms with Crippen molar-refractivity contribution in [2.24, 2.45) is 0 Å². The van der Waals surface area contributed by atoms with Crippen LogP contribution in [0.1, 0.15) is 26.3 Å². The third-order valence-electron chi connectivity index (χ3n) is 19.8. The van der Waals surface area contributed by atoms with E-state index in [-0.39, 0.29) is 45.0 Å². The van der Waals surface area contributed by atoms with E-state index in [1.807, 2.05) is 67.1 Å². The average Bonchev–Trinajstić information content (AvgIpc) is 0.776. The quantitative estimate of drug-likeness (QED) is 0.0672. The van der Waals surface area contributed by atoms with Gasteiger partial charge in [0.25, 0.3) is 22.2 Å². The Labute approximate surface area is 645 Å². The van der Waals surface area contributed by atoms with Crippen molar-refractivity contribution < 1.29 is 50.7 Å². The number of alkyl halides is 3. The Kier molecular flexibility index (Phi) is 23.8. The van der Waals surface area contributed by atoms with Crippen LogP contribution in [-0.2, 0) is 0 Å². The number of nitriles is 1. The van der Waals surface area contributed by atoms with Gasteiger partial charge >= 0.3 is 6.36 Å². The van der Waals surface area contributed by atoms with Crippen LogP contribution in [0.15, 0.2) is 190 Å². The molecule has 0 amide bonds. The first-order chi connectivity index (χ1) is 54.4. The molecule has 3 atom stereocenters. The molecule has 0 saturated carbocycles. The Morgan fingerprint density at radius 2 is 0.805 bits per heavy atom. The number of fused-ring (bicyclic) bond motifs is 4. The van der Waals surface area contributed by atoms with Crippen molar-refractivity contribution in [3.63, 3.8) is 0 Å². The van der Waals surface area contributed by atoms with Gasteiger partial charge in [0.05, 0.1) is 79.4 Å². The maximum absolute atomic E-state index is 14.0. The average molecular weight is 1550 g/mol. The third kappa shape index (κ3) is 18.1. The smallest absolute Gasteiger partial charge is 0.504 e. The molecule has 16 rings (SSSR count). The number of phenols is 1. The number of pyridine rings is 5. The van der Waals surface area contributed by atoms with E-state index in [1.54, 1.807) is 55.1 Å². The van der Waals surface area contributed by atoms with Crippen molar-refractivity contribution in [2.75, 3.05) is 133 Å². The summed E-state index contributed by atoms with van der Waals surface area (Å²) < 4.78 is 96.0. The summed E-state index contributed by atoms with van der Waals surface area (Å²) in [6.07, 6.45) is 2.22. The topological polar surface area (TPSA) is 276 Å². The minimum absolute atomic E-state index is 0.158. The summed E-state index contributed by atoms with van der Waals surface area (Å²) in [5, 5.41) is 33.0. The number of nitrogens with one attached hydrogen (secondary N) is 4. The van der Waals surface area contributed by atoms with Crippen LogP contribution < -0.4 is 86.8 Å². The number of hydrogen-bond acceptors (Lipinski definition) is 22. The molecule has 4 saturated heterocycles.